The number of carboxylic acids is 1. The predicted molar refractivity (Wildman–Crippen MR) is 59.2 cm³/mol. The maximum atomic E-state index is 11.8. The first-order valence-electron chi connectivity index (χ1n) is 5.62. The molecular formula is C12H15NO4. The van der Waals surface area contributed by atoms with E-state index in [1.807, 2.05) is 6.92 Å². The fraction of sp³-hybridized carbons (Fsp3) is 0.500. The summed E-state index contributed by atoms with van der Waals surface area (Å²) in [6.45, 7) is 2.05. The molecule has 1 aliphatic rings. The van der Waals surface area contributed by atoms with Gasteiger partial charge in [-0.05, 0) is 31.9 Å². The summed E-state index contributed by atoms with van der Waals surface area (Å²) in [7, 11) is 0. The number of carbonyl (C=O) groups is 2. The lowest BCUT2D eigenvalue weighted by atomic mass is 9.68. The minimum Gasteiger partial charge on any atom is -0.480 e. The van der Waals surface area contributed by atoms with E-state index in [9.17, 15) is 9.59 Å². The van der Waals surface area contributed by atoms with Crippen molar-refractivity contribution in [1.82, 2.24) is 5.32 Å². The quantitative estimate of drug-likeness (QED) is 0.777. The summed E-state index contributed by atoms with van der Waals surface area (Å²) in [5.41, 5.74) is -1.21. The molecule has 0 atom stereocenters. The van der Waals surface area contributed by atoms with Crippen LogP contribution >= 0.6 is 0 Å². The maximum Gasteiger partial charge on any atom is 0.319 e. The van der Waals surface area contributed by atoms with Gasteiger partial charge in [-0.15, -0.1) is 0 Å². The SMILES string of the molecule is Cc1ccc(CNC(=O)C2(C(=O)O)CCC2)o1. The average Bonchev–Trinajstić information content (AvgIpc) is 2.59. The number of nitrogens with one attached hydrogen (secondary N) is 1. The Hall–Kier alpha value is -1.78. The zero-order valence-corrected chi connectivity index (χ0v) is 9.66. The molecule has 0 radical (unpaired) electrons. The number of hydrogen-bond acceptors (Lipinski definition) is 3. The zero-order valence-electron chi connectivity index (χ0n) is 9.66. The molecule has 92 valence electrons. The minimum absolute atomic E-state index is 0.238. The molecule has 5 heteroatoms. The number of carbonyl (C=O) groups excluding carboxylic acids is 1. The molecule has 1 aromatic rings. The molecule has 1 aliphatic carbocycles. The van der Waals surface area contributed by atoms with Crippen LogP contribution in [0.4, 0.5) is 0 Å². The molecule has 17 heavy (non-hydrogen) atoms. The molecule has 0 saturated heterocycles. The van der Waals surface area contributed by atoms with Crippen LogP contribution < -0.4 is 5.32 Å². The van der Waals surface area contributed by atoms with Gasteiger partial charge in [-0.25, -0.2) is 0 Å². The lowest BCUT2D eigenvalue weighted by Gasteiger charge is -2.35. The van der Waals surface area contributed by atoms with Crippen LogP contribution in [-0.2, 0) is 16.1 Å². The van der Waals surface area contributed by atoms with Crippen LogP contribution in [-0.4, -0.2) is 17.0 Å². The fourth-order valence-corrected chi connectivity index (χ4v) is 1.99. The molecule has 0 unspecified atom stereocenters. The van der Waals surface area contributed by atoms with Crippen molar-refractivity contribution in [2.75, 3.05) is 0 Å². The number of furan rings is 1. The van der Waals surface area contributed by atoms with Gasteiger partial charge >= 0.3 is 5.97 Å². The molecule has 0 aromatic carbocycles. The Morgan fingerprint density at radius 3 is 2.59 bits per heavy atom. The van der Waals surface area contributed by atoms with Crippen LogP contribution in [0.2, 0.25) is 0 Å². The monoisotopic (exact) mass is 237 g/mol. The van der Waals surface area contributed by atoms with Crippen molar-refractivity contribution in [2.24, 2.45) is 5.41 Å². The summed E-state index contributed by atoms with van der Waals surface area (Å²) in [6, 6.07) is 3.57. The number of amides is 1. The third kappa shape index (κ3) is 2.05. The van der Waals surface area contributed by atoms with E-state index in [2.05, 4.69) is 5.32 Å². The second-order valence-corrected chi connectivity index (χ2v) is 4.44. The molecule has 2 N–H and O–H groups in total. The Kier molecular flexibility index (Phi) is 2.92. The van der Waals surface area contributed by atoms with Gasteiger partial charge in [-0.3, -0.25) is 9.59 Å². The normalized spacial score (nSPS) is 17.2. The molecule has 1 aromatic heterocycles. The average molecular weight is 237 g/mol. The largest absolute Gasteiger partial charge is 0.480 e. The van der Waals surface area contributed by atoms with Gasteiger partial charge < -0.3 is 14.8 Å². The Balaban J connectivity index is 1.95. The van der Waals surface area contributed by atoms with Crippen molar-refractivity contribution in [1.29, 1.82) is 0 Å². The lowest BCUT2D eigenvalue weighted by molar-refractivity contribution is -0.162. The molecule has 0 bridgehead atoms. The summed E-state index contributed by atoms with van der Waals surface area (Å²) >= 11 is 0. The van der Waals surface area contributed by atoms with Gasteiger partial charge in [0.05, 0.1) is 6.54 Å². The maximum absolute atomic E-state index is 11.8. The van der Waals surface area contributed by atoms with E-state index in [-0.39, 0.29) is 6.54 Å². The molecule has 1 fully saturated rings. The molecule has 0 spiro atoms. The molecular weight excluding hydrogens is 222 g/mol. The van der Waals surface area contributed by atoms with E-state index < -0.39 is 17.3 Å². The van der Waals surface area contributed by atoms with E-state index in [0.717, 1.165) is 12.2 Å². The van der Waals surface area contributed by atoms with Crippen LogP contribution in [0.5, 0.6) is 0 Å². The molecule has 2 rings (SSSR count). The minimum atomic E-state index is -1.21. The molecule has 1 saturated carbocycles. The number of rotatable bonds is 4. The van der Waals surface area contributed by atoms with E-state index in [0.29, 0.717) is 18.6 Å². The van der Waals surface area contributed by atoms with E-state index in [1.165, 1.54) is 0 Å². The van der Waals surface area contributed by atoms with Gasteiger partial charge in [0.2, 0.25) is 5.91 Å². The van der Waals surface area contributed by atoms with Crippen LogP contribution in [0.1, 0.15) is 30.8 Å². The first kappa shape index (κ1) is 11.7. The van der Waals surface area contributed by atoms with Crippen molar-refractivity contribution in [3.63, 3.8) is 0 Å². The lowest BCUT2D eigenvalue weighted by Crippen LogP contribution is -2.50. The standard InChI is InChI=1S/C12H15NO4/c1-8-3-4-9(17-8)7-13-10(14)12(11(15)16)5-2-6-12/h3-4H,2,5-7H2,1H3,(H,13,14)(H,15,16). The first-order chi connectivity index (χ1) is 8.04. The summed E-state index contributed by atoms with van der Waals surface area (Å²) in [5, 5.41) is 11.7. The highest BCUT2D eigenvalue weighted by atomic mass is 16.4. The van der Waals surface area contributed by atoms with Crippen molar-refractivity contribution in [3.8, 4) is 0 Å². The van der Waals surface area contributed by atoms with Crippen molar-refractivity contribution < 1.29 is 19.1 Å². The highest BCUT2D eigenvalue weighted by molar-refractivity contribution is 6.02. The van der Waals surface area contributed by atoms with Gasteiger partial charge in [0.15, 0.2) is 0 Å². The second kappa shape index (κ2) is 4.24. The smallest absolute Gasteiger partial charge is 0.319 e. The fourth-order valence-electron chi connectivity index (χ4n) is 1.99. The number of aryl methyl sites for hydroxylation is 1. The van der Waals surface area contributed by atoms with Gasteiger partial charge in [0, 0.05) is 0 Å². The van der Waals surface area contributed by atoms with Crippen molar-refractivity contribution >= 4 is 11.9 Å². The van der Waals surface area contributed by atoms with Gasteiger partial charge in [-0.2, -0.15) is 0 Å². The van der Waals surface area contributed by atoms with Crippen LogP contribution in [0, 0.1) is 12.3 Å². The third-order valence-electron chi connectivity index (χ3n) is 3.27. The molecule has 5 nitrogen and oxygen atoms in total. The van der Waals surface area contributed by atoms with E-state index >= 15 is 0 Å². The first-order valence-corrected chi connectivity index (χ1v) is 5.62. The Bertz CT molecular complexity index is 445. The summed E-state index contributed by atoms with van der Waals surface area (Å²) in [4.78, 5) is 22.9. The number of carboxylic acid groups (broad SMARTS) is 1. The van der Waals surface area contributed by atoms with Crippen LogP contribution in [0.25, 0.3) is 0 Å². The Labute approximate surface area is 98.8 Å². The van der Waals surface area contributed by atoms with Crippen LogP contribution in [0.3, 0.4) is 0 Å². The third-order valence-corrected chi connectivity index (χ3v) is 3.27. The Morgan fingerprint density at radius 2 is 2.18 bits per heavy atom. The second-order valence-electron chi connectivity index (χ2n) is 4.44. The van der Waals surface area contributed by atoms with Gasteiger partial charge in [0.1, 0.15) is 16.9 Å². The Morgan fingerprint density at radius 1 is 1.47 bits per heavy atom. The number of aliphatic carboxylic acids is 1. The predicted octanol–water partition coefficient (Wildman–Crippen LogP) is 1.46. The van der Waals surface area contributed by atoms with Crippen LogP contribution in [0.15, 0.2) is 16.5 Å². The van der Waals surface area contributed by atoms with Crippen molar-refractivity contribution in [2.45, 2.75) is 32.7 Å². The summed E-state index contributed by atoms with van der Waals surface area (Å²) < 4.78 is 5.30. The molecule has 1 amide bonds. The van der Waals surface area contributed by atoms with E-state index in [1.54, 1.807) is 12.1 Å². The number of hydrogen-bond donors (Lipinski definition) is 2. The molecule has 0 aliphatic heterocycles. The van der Waals surface area contributed by atoms with Gasteiger partial charge in [-0.1, -0.05) is 6.42 Å². The molecule has 1 heterocycles. The highest BCUT2D eigenvalue weighted by Crippen LogP contribution is 2.41. The van der Waals surface area contributed by atoms with Crippen molar-refractivity contribution in [3.05, 3.63) is 23.7 Å². The highest BCUT2D eigenvalue weighted by Gasteiger charge is 2.51. The summed E-state index contributed by atoms with van der Waals surface area (Å²) in [6.07, 6.45) is 1.64. The zero-order chi connectivity index (χ0) is 12.5. The van der Waals surface area contributed by atoms with Gasteiger partial charge in [0.25, 0.3) is 0 Å². The van der Waals surface area contributed by atoms with E-state index in [4.69, 9.17) is 9.52 Å². The summed E-state index contributed by atoms with van der Waals surface area (Å²) in [5.74, 6) is -0.0382. The topological polar surface area (TPSA) is 79.5 Å².